The van der Waals surface area contributed by atoms with Crippen LogP contribution in [0.1, 0.15) is 5.56 Å². The van der Waals surface area contributed by atoms with E-state index in [1.54, 1.807) is 30.5 Å². The van der Waals surface area contributed by atoms with Gasteiger partial charge in [0.25, 0.3) is 0 Å². The molecule has 0 amide bonds. The minimum absolute atomic E-state index is 0.207. The number of hydrogen-bond donors (Lipinski definition) is 2. The number of para-hydroxylation sites is 1. The highest BCUT2D eigenvalue weighted by molar-refractivity contribution is 9.10. The molecule has 0 unspecified atom stereocenters. The molecule has 6 heteroatoms. The predicted molar refractivity (Wildman–Crippen MR) is 77.5 cm³/mol. The average Bonchev–Trinajstić information content (AvgIpc) is 2.34. The van der Waals surface area contributed by atoms with Gasteiger partial charge >= 0.3 is 0 Å². The van der Waals surface area contributed by atoms with Crippen molar-refractivity contribution in [1.82, 2.24) is 4.98 Å². The van der Waals surface area contributed by atoms with E-state index < -0.39 is 0 Å². The van der Waals surface area contributed by atoms with Crippen LogP contribution in [0.3, 0.4) is 0 Å². The van der Waals surface area contributed by atoms with E-state index in [1.807, 2.05) is 0 Å². The van der Waals surface area contributed by atoms with Gasteiger partial charge in [0.1, 0.15) is 16.6 Å². The van der Waals surface area contributed by atoms with Gasteiger partial charge in [0.15, 0.2) is 0 Å². The molecule has 0 aliphatic rings. The van der Waals surface area contributed by atoms with E-state index in [9.17, 15) is 4.39 Å². The molecule has 0 saturated carbocycles. The van der Waals surface area contributed by atoms with Crippen molar-refractivity contribution in [2.75, 3.05) is 5.32 Å². The largest absolute Gasteiger partial charge is 0.389 e. The highest BCUT2D eigenvalue weighted by Crippen LogP contribution is 2.28. The van der Waals surface area contributed by atoms with E-state index in [1.165, 1.54) is 6.07 Å². The summed E-state index contributed by atoms with van der Waals surface area (Å²) >= 11 is 8.20. The van der Waals surface area contributed by atoms with Crippen LogP contribution in [0.5, 0.6) is 0 Å². The average molecular weight is 326 g/mol. The van der Waals surface area contributed by atoms with Gasteiger partial charge in [-0.25, -0.2) is 9.37 Å². The van der Waals surface area contributed by atoms with Gasteiger partial charge in [-0.2, -0.15) is 0 Å². The molecule has 1 heterocycles. The highest BCUT2D eigenvalue weighted by atomic mass is 79.9. The Balaban J connectivity index is 2.43. The Kier molecular flexibility index (Phi) is 3.88. The molecule has 0 aliphatic heterocycles. The van der Waals surface area contributed by atoms with Crippen LogP contribution in [-0.2, 0) is 0 Å². The number of nitrogens with one attached hydrogen (secondary N) is 1. The van der Waals surface area contributed by atoms with Crippen LogP contribution in [0.4, 0.5) is 15.9 Å². The lowest BCUT2D eigenvalue weighted by molar-refractivity contribution is 0.631. The van der Waals surface area contributed by atoms with Gasteiger partial charge < -0.3 is 11.1 Å². The molecule has 2 rings (SSSR count). The zero-order valence-electron chi connectivity index (χ0n) is 9.15. The smallest absolute Gasteiger partial charge is 0.147 e. The first-order valence-corrected chi connectivity index (χ1v) is 6.25. The second-order valence-corrected chi connectivity index (χ2v) is 4.78. The van der Waals surface area contributed by atoms with Crippen LogP contribution < -0.4 is 11.1 Å². The molecule has 0 radical (unpaired) electrons. The van der Waals surface area contributed by atoms with E-state index >= 15 is 0 Å². The third-order valence-corrected chi connectivity index (χ3v) is 3.16. The Morgan fingerprint density at radius 3 is 2.78 bits per heavy atom. The van der Waals surface area contributed by atoms with Gasteiger partial charge in [-0.1, -0.05) is 18.3 Å². The third-order valence-electron chi connectivity index (χ3n) is 2.28. The molecule has 3 N–H and O–H groups in total. The summed E-state index contributed by atoms with van der Waals surface area (Å²) in [6, 6.07) is 8.14. The number of aromatic nitrogens is 1. The number of nitrogens with zero attached hydrogens (tertiary/aromatic N) is 1. The Morgan fingerprint density at radius 1 is 1.33 bits per heavy atom. The number of benzene rings is 1. The Morgan fingerprint density at radius 2 is 2.11 bits per heavy atom. The fraction of sp³-hybridized carbons (Fsp3) is 0. The lowest BCUT2D eigenvalue weighted by atomic mass is 10.2. The molecule has 0 aliphatic carbocycles. The Hall–Kier alpha value is -1.53. The molecule has 2 aromatic rings. The zero-order chi connectivity index (χ0) is 13.1. The lowest BCUT2D eigenvalue weighted by Gasteiger charge is -2.11. The molecular formula is C12H9BrFN3S. The summed E-state index contributed by atoms with van der Waals surface area (Å²) in [5, 5.41) is 2.89. The summed E-state index contributed by atoms with van der Waals surface area (Å²) in [6.07, 6.45) is 1.58. The monoisotopic (exact) mass is 325 g/mol. The summed E-state index contributed by atoms with van der Waals surface area (Å²) in [7, 11) is 0. The van der Waals surface area contributed by atoms with Gasteiger partial charge in [-0.15, -0.1) is 0 Å². The summed E-state index contributed by atoms with van der Waals surface area (Å²) in [5.74, 6) is 0.0414. The molecule has 1 aromatic carbocycles. The molecule has 0 saturated heterocycles. The maximum atomic E-state index is 13.7. The van der Waals surface area contributed by atoms with Crippen LogP contribution in [0, 0.1) is 5.82 Å². The summed E-state index contributed by atoms with van der Waals surface area (Å²) in [4.78, 5) is 4.32. The van der Waals surface area contributed by atoms with Crippen molar-refractivity contribution in [2.45, 2.75) is 0 Å². The zero-order valence-corrected chi connectivity index (χ0v) is 11.6. The fourth-order valence-corrected chi connectivity index (χ4v) is 2.05. The molecule has 92 valence electrons. The predicted octanol–water partition coefficient (Wildman–Crippen LogP) is 3.36. The standard InChI is InChI=1S/C12H9BrFN3S/c13-8-4-1-5-9(14)10(8)17-12-7(11(15)18)3-2-6-16-12/h1-6H,(H2,15,18)(H,16,17). The summed E-state index contributed by atoms with van der Waals surface area (Å²) in [6.45, 7) is 0. The van der Waals surface area contributed by atoms with Gasteiger partial charge in [-0.05, 0) is 40.2 Å². The van der Waals surface area contributed by atoms with E-state index in [2.05, 4.69) is 26.2 Å². The first kappa shape index (κ1) is 12.9. The quantitative estimate of drug-likeness (QED) is 0.849. The number of nitrogens with two attached hydrogens (primary N) is 1. The third kappa shape index (κ3) is 2.65. The Labute approximate surface area is 117 Å². The second kappa shape index (κ2) is 5.41. The van der Waals surface area contributed by atoms with E-state index in [0.29, 0.717) is 21.5 Å². The molecular weight excluding hydrogens is 317 g/mol. The molecule has 0 spiro atoms. The number of pyridine rings is 1. The van der Waals surface area contributed by atoms with E-state index in [4.69, 9.17) is 18.0 Å². The van der Waals surface area contributed by atoms with Gasteiger partial charge in [0, 0.05) is 10.7 Å². The lowest BCUT2D eigenvalue weighted by Crippen LogP contribution is -2.13. The van der Waals surface area contributed by atoms with Gasteiger partial charge in [0.05, 0.1) is 11.3 Å². The van der Waals surface area contributed by atoms with Crippen LogP contribution in [-0.4, -0.2) is 9.97 Å². The minimum Gasteiger partial charge on any atom is -0.389 e. The number of hydrogen-bond acceptors (Lipinski definition) is 3. The topological polar surface area (TPSA) is 50.9 Å². The summed E-state index contributed by atoms with van der Waals surface area (Å²) in [5.41, 5.74) is 6.46. The van der Waals surface area contributed by atoms with Crippen molar-refractivity contribution in [1.29, 1.82) is 0 Å². The maximum absolute atomic E-state index is 13.7. The molecule has 0 atom stereocenters. The molecule has 3 nitrogen and oxygen atoms in total. The normalized spacial score (nSPS) is 10.1. The van der Waals surface area contributed by atoms with Crippen molar-refractivity contribution in [3.05, 3.63) is 52.4 Å². The molecule has 0 fully saturated rings. The highest BCUT2D eigenvalue weighted by Gasteiger charge is 2.11. The number of halogens is 2. The number of rotatable bonds is 3. The van der Waals surface area contributed by atoms with Crippen LogP contribution in [0.15, 0.2) is 41.0 Å². The van der Waals surface area contributed by atoms with Crippen molar-refractivity contribution in [3.63, 3.8) is 0 Å². The first-order valence-electron chi connectivity index (χ1n) is 5.05. The van der Waals surface area contributed by atoms with Crippen molar-refractivity contribution in [3.8, 4) is 0 Å². The second-order valence-electron chi connectivity index (χ2n) is 3.49. The summed E-state index contributed by atoms with van der Waals surface area (Å²) < 4.78 is 14.3. The van der Waals surface area contributed by atoms with Gasteiger partial charge in [0.2, 0.25) is 0 Å². The Bertz CT molecular complexity index is 583. The molecule has 1 aromatic heterocycles. The number of thiocarbonyl (C=S) groups is 1. The van der Waals surface area contributed by atoms with Crippen LogP contribution in [0.2, 0.25) is 0 Å². The van der Waals surface area contributed by atoms with Gasteiger partial charge in [-0.3, -0.25) is 0 Å². The molecule has 18 heavy (non-hydrogen) atoms. The first-order chi connectivity index (χ1) is 8.59. The van der Waals surface area contributed by atoms with Crippen molar-refractivity contribution < 1.29 is 4.39 Å². The fourth-order valence-electron chi connectivity index (χ4n) is 1.44. The number of anilines is 2. The maximum Gasteiger partial charge on any atom is 0.147 e. The van der Waals surface area contributed by atoms with Crippen LogP contribution in [0.25, 0.3) is 0 Å². The van der Waals surface area contributed by atoms with Crippen molar-refractivity contribution >= 4 is 44.6 Å². The van der Waals surface area contributed by atoms with E-state index in [0.717, 1.165) is 0 Å². The van der Waals surface area contributed by atoms with Crippen LogP contribution >= 0.6 is 28.1 Å². The van der Waals surface area contributed by atoms with E-state index in [-0.39, 0.29) is 10.8 Å². The molecule has 0 bridgehead atoms. The van der Waals surface area contributed by atoms with Crippen molar-refractivity contribution in [2.24, 2.45) is 5.73 Å². The SMILES string of the molecule is NC(=S)c1cccnc1Nc1c(F)cccc1Br. The minimum atomic E-state index is -0.385.